The summed E-state index contributed by atoms with van der Waals surface area (Å²) in [4.78, 5) is 13.0. The number of methoxy groups -OCH3 is 1. The van der Waals surface area contributed by atoms with Crippen LogP contribution in [0.4, 0.5) is 13.2 Å². The average Bonchev–Trinajstić information content (AvgIpc) is 3.15. The fraction of sp³-hybridized carbons (Fsp3) is 0.286. The van der Waals surface area contributed by atoms with Gasteiger partial charge in [-0.3, -0.25) is 0 Å². The molecule has 1 unspecified atom stereocenters. The summed E-state index contributed by atoms with van der Waals surface area (Å²) in [6.07, 6.45) is -1.27. The van der Waals surface area contributed by atoms with Crippen LogP contribution in [0.2, 0.25) is 0 Å². The highest BCUT2D eigenvalue weighted by Gasteiger charge is 2.34. The third kappa shape index (κ3) is 3.56. The van der Waals surface area contributed by atoms with Crippen LogP contribution in [0.1, 0.15) is 29.5 Å². The normalized spacial score (nSPS) is 13.1. The quantitative estimate of drug-likeness (QED) is 0.531. The molecule has 0 saturated carbocycles. The van der Waals surface area contributed by atoms with Crippen LogP contribution >= 0.6 is 0 Å². The van der Waals surface area contributed by atoms with Crippen molar-refractivity contribution in [2.75, 3.05) is 13.7 Å². The lowest BCUT2D eigenvalue weighted by molar-refractivity contribution is -0.138. The number of hydrogen-bond donors (Lipinski definition) is 1. The van der Waals surface area contributed by atoms with Crippen LogP contribution in [0.5, 0.6) is 5.88 Å². The molecule has 0 aliphatic rings. The van der Waals surface area contributed by atoms with Gasteiger partial charge in [0, 0.05) is 18.0 Å². The number of benzene rings is 1. The molecule has 3 aromatic heterocycles. The van der Waals surface area contributed by atoms with Crippen molar-refractivity contribution in [2.45, 2.75) is 25.6 Å². The van der Waals surface area contributed by atoms with E-state index in [-0.39, 0.29) is 24.6 Å². The molecule has 1 atom stereocenters. The predicted molar refractivity (Wildman–Crippen MR) is 107 cm³/mol. The van der Waals surface area contributed by atoms with Crippen LogP contribution in [0.3, 0.4) is 0 Å². The molecule has 4 aromatic rings. The Morgan fingerprint density at radius 3 is 2.67 bits per heavy atom. The maximum Gasteiger partial charge on any atom is 0.416 e. The summed E-state index contributed by atoms with van der Waals surface area (Å²) in [5.74, 6) is 0.0423. The van der Waals surface area contributed by atoms with E-state index in [0.29, 0.717) is 22.6 Å². The van der Waals surface area contributed by atoms with E-state index < -0.39 is 11.7 Å². The van der Waals surface area contributed by atoms with Crippen molar-refractivity contribution in [3.05, 3.63) is 59.5 Å². The molecular weight excluding hydrogens is 395 g/mol. The Hall–Kier alpha value is -3.20. The Labute approximate surface area is 170 Å². The highest BCUT2D eigenvalue weighted by atomic mass is 19.4. The lowest BCUT2D eigenvalue weighted by Gasteiger charge is -2.18. The number of imidazole rings is 1. The SMILES string of the molecule is COc1ccc2c(ncc3ncn(Cc4ccc(C(C)CN)c(C(F)(F)F)c4)c32)n1. The minimum atomic E-state index is -4.46. The average molecular weight is 415 g/mol. The highest BCUT2D eigenvalue weighted by molar-refractivity contribution is 6.00. The van der Waals surface area contributed by atoms with Crippen molar-refractivity contribution < 1.29 is 17.9 Å². The van der Waals surface area contributed by atoms with E-state index in [0.717, 1.165) is 10.9 Å². The number of halogens is 3. The number of fused-ring (bicyclic) bond motifs is 3. The Bertz CT molecular complexity index is 1220. The Balaban J connectivity index is 1.80. The van der Waals surface area contributed by atoms with Gasteiger partial charge in [0.1, 0.15) is 5.52 Å². The number of hydrogen-bond acceptors (Lipinski definition) is 5. The van der Waals surface area contributed by atoms with Crippen molar-refractivity contribution in [3.8, 4) is 5.88 Å². The standard InChI is InChI=1S/C21H20F3N5O/c1-12(8-25)14-4-3-13(7-16(14)21(22,23)24)10-29-11-27-17-9-26-20-15(19(17)29)5-6-18(28-20)30-2/h3-7,9,11-12H,8,10,25H2,1-2H3. The molecule has 0 aliphatic heterocycles. The number of nitrogens with two attached hydrogens (primary N) is 1. The van der Waals surface area contributed by atoms with Crippen molar-refractivity contribution in [2.24, 2.45) is 5.73 Å². The zero-order chi connectivity index (χ0) is 21.5. The largest absolute Gasteiger partial charge is 0.481 e. The van der Waals surface area contributed by atoms with E-state index >= 15 is 0 Å². The molecule has 9 heteroatoms. The first-order chi connectivity index (χ1) is 14.3. The molecule has 3 heterocycles. The molecule has 0 bridgehead atoms. The minimum Gasteiger partial charge on any atom is -0.481 e. The second kappa shape index (κ2) is 7.56. The van der Waals surface area contributed by atoms with Gasteiger partial charge < -0.3 is 15.0 Å². The molecule has 0 fully saturated rings. The fourth-order valence-corrected chi connectivity index (χ4v) is 3.56. The highest BCUT2D eigenvalue weighted by Crippen LogP contribution is 2.36. The van der Waals surface area contributed by atoms with Crippen molar-refractivity contribution in [1.82, 2.24) is 19.5 Å². The van der Waals surface area contributed by atoms with Crippen molar-refractivity contribution >= 4 is 22.1 Å². The lowest BCUT2D eigenvalue weighted by Crippen LogP contribution is -2.16. The van der Waals surface area contributed by atoms with E-state index in [2.05, 4.69) is 15.0 Å². The zero-order valence-electron chi connectivity index (χ0n) is 16.4. The number of aromatic nitrogens is 4. The fourth-order valence-electron chi connectivity index (χ4n) is 3.56. The van der Waals surface area contributed by atoms with E-state index in [1.165, 1.54) is 19.2 Å². The summed E-state index contributed by atoms with van der Waals surface area (Å²) in [6.45, 7) is 2.06. The number of nitrogens with zero attached hydrogens (tertiary/aromatic N) is 4. The number of ether oxygens (including phenoxy) is 1. The first-order valence-electron chi connectivity index (χ1n) is 9.36. The molecule has 2 N–H and O–H groups in total. The number of rotatable bonds is 5. The number of pyridine rings is 2. The van der Waals surface area contributed by atoms with Crippen LogP contribution in [0.15, 0.2) is 42.9 Å². The summed E-state index contributed by atoms with van der Waals surface area (Å²) in [6, 6.07) is 7.94. The first-order valence-corrected chi connectivity index (χ1v) is 9.36. The van der Waals surface area contributed by atoms with Crippen LogP contribution in [-0.4, -0.2) is 33.2 Å². The van der Waals surface area contributed by atoms with Gasteiger partial charge in [0.25, 0.3) is 0 Å². The second-order valence-corrected chi connectivity index (χ2v) is 7.15. The summed E-state index contributed by atoms with van der Waals surface area (Å²) >= 11 is 0. The summed E-state index contributed by atoms with van der Waals surface area (Å²) in [5, 5.41) is 0.746. The van der Waals surface area contributed by atoms with Crippen LogP contribution in [0.25, 0.3) is 22.1 Å². The molecule has 0 spiro atoms. The molecule has 1 aromatic carbocycles. The molecule has 0 amide bonds. The van der Waals surface area contributed by atoms with Gasteiger partial charge >= 0.3 is 6.18 Å². The van der Waals surface area contributed by atoms with Crippen LogP contribution < -0.4 is 10.5 Å². The first kappa shape index (κ1) is 20.1. The zero-order valence-corrected chi connectivity index (χ0v) is 16.4. The van der Waals surface area contributed by atoms with E-state index in [9.17, 15) is 13.2 Å². The number of alkyl halides is 3. The van der Waals surface area contributed by atoms with Gasteiger partial charge in [0.2, 0.25) is 5.88 Å². The van der Waals surface area contributed by atoms with E-state index in [4.69, 9.17) is 10.5 Å². The lowest BCUT2D eigenvalue weighted by atomic mass is 9.93. The van der Waals surface area contributed by atoms with Gasteiger partial charge in [-0.1, -0.05) is 19.1 Å². The molecule has 6 nitrogen and oxygen atoms in total. The molecule has 30 heavy (non-hydrogen) atoms. The monoisotopic (exact) mass is 415 g/mol. The van der Waals surface area contributed by atoms with Gasteiger partial charge in [-0.15, -0.1) is 0 Å². The molecule has 156 valence electrons. The van der Waals surface area contributed by atoms with Gasteiger partial charge in [-0.05, 0) is 35.7 Å². The smallest absolute Gasteiger partial charge is 0.416 e. The summed E-state index contributed by atoms with van der Waals surface area (Å²) in [7, 11) is 1.52. The van der Waals surface area contributed by atoms with Crippen LogP contribution in [0, 0.1) is 0 Å². The van der Waals surface area contributed by atoms with E-state index in [1.54, 1.807) is 36.1 Å². The maximum absolute atomic E-state index is 13.6. The minimum absolute atomic E-state index is 0.143. The summed E-state index contributed by atoms with van der Waals surface area (Å²) < 4.78 is 47.9. The summed E-state index contributed by atoms with van der Waals surface area (Å²) in [5.41, 5.74) is 7.53. The van der Waals surface area contributed by atoms with Crippen LogP contribution in [-0.2, 0) is 12.7 Å². The van der Waals surface area contributed by atoms with Gasteiger partial charge in [-0.25, -0.2) is 9.97 Å². The molecule has 0 aliphatic carbocycles. The van der Waals surface area contributed by atoms with Gasteiger partial charge in [-0.2, -0.15) is 18.2 Å². The van der Waals surface area contributed by atoms with E-state index in [1.807, 2.05) is 6.07 Å². The topological polar surface area (TPSA) is 78.9 Å². The third-order valence-electron chi connectivity index (χ3n) is 5.15. The second-order valence-electron chi connectivity index (χ2n) is 7.15. The molecular formula is C21H20F3N5O. The third-order valence-corrected chi connectivity index (χ3v) is 5.15. The molecule has 4 rings (SSSR count). The van der Waals surface area contributed by atoms with Crippen molar-refractivity contribution in [3.63, 3.8) is 0 Å². The molecule has 0 radical (unpaired) electrons. The predicted octanol–water partition coefficient (Wildman–Crippen LogP) is 4.12. The Morgan fingerprint density at radius 2 is 1.97 bits per heavy atom. The Kier molecular flexibility index (Phi) is 5.07. The van der Waals surface area contributed by atoms with Gasteiger partial charge in [0.05, 0.1) is 30.7 Å². The Morgan fingerprint density at radius 1 is 1.17 bits per heavy atom. The molecule has 0 saturated heterocycles. The van der Waals surface area contributed by atoms with Gasteiger partial charge in [0.15, 0.2) is 5.65 Å². The van der Waals surface area contributed by atoms with Crippen molar-refractivity contribution in [1.29, 1.82) is 0 Å². The maximum atomic E-state index is 13.6.